The van der Waals surface area contributed by atoms with E-state index in [4.69, 9.17) is 4.74 Å². The minimum atomic E-state index is -0.874. The molecule has 7 rings (SSSR count). The highest BCUT2D eigenvalue weighted by molar-refractivity contribution is 5.92. The number of halogens is 1. The molecule has 0 radical (unpaired) electrons. The second-order valence-electron chi connectivity index (χ2n) is 10.1. The molecule has 4 aromatic rings. The third-order valence-corrected chi connectivity index (χ3v) is 7.25. The highest BCUT2D eigenvalue weighted by Crippen LogP contribution is 2.69. The Bertz CT molecular complexity index is 1550. The number of nitrogens with one attached hydrogen (secondary N) is 2. The molecular formula is C27H26FN5O3. The third kappa shape index (κ3) is 3.99. The lowest BCUT2D eigenvalue weighted by Gasteiger charge is -2.66. The fraction of sp³-hybridized carbons (Fsp3) is 0.333. The minimum Gasteiger partial charge on any atom is -0.481 e. The number of carbonyl (C=O) groups is 1. The number of methoxy groups -OCH3 is 1. The lowest BCUT2D eigenvalue weighted by Crippen LogP contribution is -2.67. The molecule has 1 aromatic carbocycles. The van der Waals surface area contributed by atoms with Crippen LogP contribution in [0.2, 0.25) is 0 Å². The van der Waals surface area contributed by atoms with E-state index in [2.05, 4.69) is 26.7 Å². The smallest absolute Gasteiger partial charge is 0.270 e. The van der Waals surface area contributed by atoms with E-state index in [1.807, 2.05) is 18.2 Å². The van der Waals surface area contributed by atoms with Gasteiger partial charge in [0.2, 0.25) is 5.88 Å². The maximum atomic E-state index is 13.7. The molecule has 2 N–H and O–H groups in total. The predicted octanol–water partition coefficient (Wildman–Crippen LogP) is 3.16. The molecule has 1 amide bonds. The average molecular weight is 488 g/mol. The zero-order valence-electron chi connectivity index (χ0n) is 19.9. The quantitative estimate of drug-likeness (QED) is 0.396. The monoisotopic (exact) mass is 487 g/mol. The number of hydrogen-bond acceptors (Lipinski definition) is 6. The van der Waals surface area contributed by atoms with Crippen LogP contribution in [-0.2, 0) is 13.1 Å². The van der Waals surface area contributed by atoms with Crippen molar-refractivity contribution in [1.29, 1.82) is 0 Å². The molecule has 3 heterocycles. The maximum Gasteiger partial charge on any atom is 0.270 e. The van der Waals surface area contributed by atoms with E-state index in [-0.39, 0.29) is 23.2 Å². The van der Waals surface area contributed by atoms with Crippen molar-refractivity contribution in [2.45, 2.75) is 38.0 Å². The van der Waals surface area contributed by atoms with Crippen LogP contribution in [0.25, 0.3) is 16.4 Å². The van der Waals surface area contributed by atoms with Gasteiger partial charge in [-0.1, -0.05) is 12.1 Å². The minimum absolute atomic E-state index is 0.0507. The van der Waals surface area contributed by atoms with Crippen LogP contribution >= 0.6 is 0 Å². The second-order valence-corrected chi connectivity index (χ2v) is 10.1. The molecule has 0 atom stereocenters. The topological polar surface area (TPSA) is 97.6 Å². The average Bonchev–Trinajstić information content (AvgIpc) is 2.84. The van der Waals surface area contributed by atoms with Crippen molar-refractivity contribution in [1.82, 2.24) is 25.0 Å². The summed E-state index contributed by atoms with van der Waals surface area (Å²) in [5, 5.41) is 8.10. The van der Waals surface area contributed by atoms with E-state index >= 15 is 0 Å². The Morgan fingerprint density at radius 1 is 1.11 bits per heavy atom. The molecule has 2 bridgehead atoms. The van der Waals surface area contributed by atoms with Crippen LogP contribution < -0.4 is 20.9 Å². The number of alkyl halides is 1. The van der Waals surface area contributed by atoms with Gasteiger partial charge < -0.3 is 15.4 Å². The SMILES string of the molecule is COc1nc(CNC(=O)c2cc(=O)n3ccccc3n2)cc2cc(CNCC34CC(F)(C3)C4)ccc12. The fourth-order valence-corrected chi connectivity index (χ4v) is 5.64. The van der Waals surface area contributed by atoms with E-state index in [1.165, 1.54) is 10.5 Å². The molecule has 0 saturated heterocycles. The Kier molecular flexibility index (Phi) is 5.26. The maximum absolute atomic E-state index is 13.7. The highest BCUT2D eigenvalue weighted by atomic mass is 19.1. The Morgan fingerprint density at radius 2 is 1.94 bits per heavy atom. The first-order valence-electron chi connectivity index (χ1n) is 12.0. The standard InChI is InChI=1S/C27H26FN5O3/c1-36-25-20-6-5-17(11-29-16-26-13-27(28,14-26)15-26)8-18(20)9-19(31-25)12-30-24(35)21-10-23(34)33-7-3-2-4-22(33)32-21/h2-10,29H,11-16H2,1H3,(H,30,35). The first-order chi connectivity index (χ1) is 17.4. The second kappa shape index (κ2) is 8.37. The molecule has 3 saturated carbocycles. The van der Waals surface area contributed by atoms with E-state index in [1.54, 1.807) is 31.5 Å². The number of fused-ring (bicyclic) bond motifs is 2. The molecule has 3 aromatic heterocycles. The zero-order chi connectivity index (χ0) is 24.9. The van der Waals surface area contributed by atoms with Crippen LogP contribution in [0.5, 0.6) is 5.88 Å². The summed E-state index contributed by atoms with van der Waals surface area (Å²) < 4.78 is 20.6. The largest absolute Gasteiger partial charge is 0.481 e. The molecule has 3 fully saturated rings. The summed E-state index contributed by atoms with van der Waals surface area (Å²) in [7, 11) is 1.56. The predicted molar refractivity (Wildman–Crippen MR) is 133 cm³/mol. The van der Waals surface area contributed by atoms with Crippen molar-refractivity contribution < 1.29 is 13.9 Å². The Balaban J connectivity index is 1.16. The molecule has 9 heteroatoms. The summed E-state index contributed by atoms with van der Waals surface area (Å²) in [6.45, 7) is 1.67. The van der Waals surface area contributed by atoms with Gasteiger partial charge in [-0.2, -0.15) is 0 Å². The van der Waals surface area contributed by atoms with Crippen LogP contribution in [-0.4, -0.2) is 39.6 Å². The van der Waals surface area contributed by atoms with Crippen molar-refractivity contribution in [3.05, 3.63) is 82.0 Å². The van der Waals surface area contributed by atoms with Crippen LogP contribution in [0, 0.1) is 5.41 Å². The summed E-state index contributed by atoms with van der Waals surface area (Å²) in [5.41, 5.74) is 1.15. The molecule has 0 unspecified atom stereocenters. The van der Waals surface area contributed by atoms with Gasteiger partial charge in [0.25, 0.3) is 11.5 Å². The van der Waals surface area contributed by atoms with Gasteiger partial charge in [-0.05, 0) is 66.0 Å². The third-order valence-electron chi connectivity index (χ3n) is 7.25. The zero-order valence-corrected chi connectivity index (χ0v) is 19.9. The highest BCUT2D eigenvalue weighted by Gasteiger charge is 2.68. The molecule has 3 aliphatic carbocycles. The van der Waals surface area contributed by atoms with Crippen molar-refractivity contribution >= 4 is 22.3 Å². The van der Waals surface area contributed by atoms with Gasteiger partial charge in [0.1, 0.15) is 17.0 Å². The number of pyridine rings is 2. The summed E-state index contributed by atoms with van der Waals surface area (Å²) in [4.78, 5) is 33.8. The first kappa shape index (κ1) is 22.6. The number of hydrogen-bond donors (Lipinski definition) is 2. The molecule has 8 nitrogen and oxygen atoms in total. The van der Waals surface area contributed by atoms with Crippen molar-refractivity contribution in [3.8, 4) is 5.88 Å². The van der Waals surface area contributed by atoms with Crippen LogP contribution in [0.4, 0.5) is 4.39 Å². The normalized spacial score (nSPS) is 22.2. The number of aromatic nitrogens is 3. The Hall–Kier alpha value is -3.85. The fourth-order valence-electron chi connectivity index (χ4n) is 5.64. The van der Waals surface area contributed by atoms with Gasteiger partial charge >= 0.3 is 0 Å². The van der Waals surface area contributed by atoms with Gasteiger partial charge in [-0.25, -0.2) is 14.4 Å². The Morgan fingerprint density at radius 3 is 2.72 bits per heavy atom. The lowest BCUT2D eigenvalue weighted by molar-refractivity contribution is -0.209. The Labute approximate surface area is 206 Å². The number of rotatable bonds is 8. The van der Waals surface area contributed by atoms with Crippen molar-refractivity contribution in [2.24, 2.45) is 5.41 Å². The van der Waals surface area contributed by atoms with Crippen LogP contribution in [0.15, 0.2) is 59.5 Å². The van der Waals surface area contributed by atoms with E-state index in [0.29, 0.717) is 43.0 Å². The van der Waals surface area contributed by atoms with E-state index in [0.717, 1.165) is 22.9 Å². The number of amides is 1. The van der Waals surface area contributed by atoms with Gasteiger partial charge in [0.05, 0.1) is 19.3 Å². The van der Waals surface area contributed by atoms with Crippen molar-refractivity contribution in [2.75, 3.05) is 13.7 Å². The van der Waals surface area contributed by atoms with E-state index < -0.39 is 11.6 Å². The van der Waals surface area contributed by atoms with Crippen LogP contribution in [0.1, 0.15) is 41.0 Å². The van der Waals surface area contributed by atoms with Gasteiger partial charge in [0, 0.05) is 30.7 Å². The number of nitrogens with zero attached hydrogens (tertiary/aromatic N) is 3. The lowest BCUT2D eigenvalue weighted by atomic mass is 9.42. The number of benzene rings is 1. The van der Waals surface area contributed by atoms with E-state index in [9.17, 15) is 14.0 Å². The summed E-state index contributed by atoms with van der Waals surface area (Å²) >= 11 is 0. The summed E-state index contributed by atoms with van der Waals surface area (Å²) in [6, 6.07) is 14.4. The summed E-state index contributed by atoms with van der Waals surface area (Å²) in [6.07, 6.45) is 3.67. The molecule has 36 heavy (non-hydrogen) atoms. The molecule has 3 aliphatic rings. The first-order valence-corrected chi connectivity index (χ1v) is 12.0. The molecule has 184 valence electrons. The number of carbonyl (C=O) groups excluding carboxylic acids is 1. The van der Waals surface area contributed by atoms with Gasteiger partial charge in [0.15, 0.2) is 0 Å². The molecular weight excluding hydrogens is 461 g/mol. The molecule has 0 spiro atoms. The summed E-state index contributed by atoms with van der Waals surface area (Å²) in [5.74, 6) is 0.0152. The van der Waals surface area contributed by atoms with Gasteiger partial charge in [-0.3, -0.25) is 14.0 Å². The van der Waals surface area contributed by atoms with Gasteiger partial charge in [-0.15, -0.1) is 0 Å². The molecule has 0 aliphatic heterocycles. The number of ether oxygens (including phenoxy) is 1. The van der Waals surface area contributed by atoms with Crippen molar-refractivity contribution in [3.63, 3.8) is 0 Å². The van der Waals surface area contributed by atoms with Crippen LogP contribution in [0.3, 0.4) is 0 Å².